The molecule has 0 aromatic heterocycles. The molecule has 0 saturated heterocycles. The molecule has 4 nitrogen and oxygen atoms in total. The third-order valence-electron chi connectivity index (χ3n) is 4.96. The molecule has 0 fully saturated rings. The third-order valence-corrected chi connectivity index (χ3v) is 6.02. The van der Waals surface area contributed by atoms with Crippen molar-refractivity contribution in [2.45, 2.75) is 9.79 Å². The summed E-state index contributed by atoms with van der Waals surface area (Å²) in [5, 5.41) is 17.7. The molecule has 3 aromatic rings. The molecule has 33 heavy (non-hydrogen) atoms. The zero-order valence-electron chi connectivity index (χ0n) is 17.7. The zero-order chi connectivity index (χ0) is 22.3. The van der Waals surface area contributed by atoms with Crippen LogP contribution in [0.5, 0.6) is 0 Å². The molecule has 0 saturated carbocycles. The standard InChI is InChI=1S/C28H20N4S/c1-4-11-21(12-5-1)29-30-22-13-10-14-23(19-22)31-32-27-20-28(33-24-15-6-2-7-16-24)26-18-9-3-8-17-25(26)27/h1-20H. The predicted octanol–water partition coefficient (Wildman–Crippen LogP) is 9.77. The summed E-state index contributed by atoms with van der Waals surface area (Å²) in [6.07, 6.45) is 0. The molecule has 0 spiro atoms. The van der Waals surface area contributed by atoms with E-state index >= 15 is 0 Å². The van der Waals surface area contributed by atoms with Gasteiger partial charge < -0.3 is 0 Å². The van der Waals surface area contributed by atoms with E-state index in [0.29, 0.717) is 0 Å². The summed E-state index contributed by atoms with van der Waals surface area (Å²) in [6, 6.07) is 40.1. The molecular weight excluding hydrogens is 424 g/mol. The van der Waals surface area contributed by atoms with Crippen LogP contribution in [-0.2, 0) is 0 Å². The Kier molecular flexibility index (Phi) is 6.31. The van der Waals surface area contributed by atoms with Crippen molar-refractivity contribution in [3.8, 4) is 11.1 Å². The molecule has 0 bridgehead atoms. The summed E-state index contributed by atoms with van der Waals surface area (Å²) < 4.78 is 0. The summed E-state index contributed by atoms with van der Waals surface area (Å²) in [7, 11) is 0. The number of hydrogen-bond acceptors (Lipinski definition) is 5. The number of nitrogens with zero attached hydrogens (tertiary/aromatic N) is 4. The van der Waals surface area contributed by atoms with Gasteiger partial charge in [-0.05, 0) is 54.1 Å². The Morgan fingerprint density at radius 1 is 0.424 bits per heavy atom. The lowest BCUT2D eigenvalue weighted by atomic mass is 10.2. The van der Waals surface area contributed by atoms with Crippen LogP contribution >= 0.6 is 11.8 Å². The van der Waals surface area contributed by atoms with Crippen LogP contribution in [0.4, 0.5) is 22.7 Å². The maximum Gasteiger partial charge on any atom is 0.0947 e. The molecule has 5 heteroatoms. The molecule has 3 aromatic carbocycles. The minimum Gasteiger partial charge on any atom is -0.151 e. The highest BCUT2D eigenvalue weighted by atomic mass is 32.2. The van der Waals surface area contributed by atoms with E-state index in [1.54, 1.807) is 11.8 Å². The number of rotatable bonds is 6. The summed E-state index contributed by atoms with van der Waals surface area (Å²) in [5.41, 5.74) is 5.34. The van der Waals surface area contributed by atoms with Crippen LogP contribution in [0.25, 0.3) is 11.1 Å². The average Bonchev–Trinajstić information content (AvgIpc) is 3.02. The van der Waals surface area contributed by atoms with Gasteiger partial charge in [0.05, 0.1) is 22.7 Å². The first-order valence-corrected chi connectivity index (χ1v) is 11.4. The SMILES string of the molecule is c1ccc(N=Nc2cccc(N=Nc3cc(Sc4ccccc4)c4cccccc3-4)c2)cc1. The fraction of sp³-hybridized carbons (Fsp3) is 0. The lowest BCUT2D eigenvalue weighted by Crippen LogP contribution is -1.72. The highest BCUT2D eigenvalue weighted by Crippen LogP contribution is 2.45. The molecular formula is C28H20N4S. The monoisotopic (exact) mass is 444 g/mol. The number of fused-ring (bicyclic) bond motifs is 1. The van der Waals surface area contributed by atoms with Gasteiger partial charge in [0.1, 0.15) is 0 Å². The molecule has 0 aliphatic heterocycles. The summed E-state index contributed by atoms with van der Waals surface area (Å²) >= 11 is 1.73. The Bertz CT molecular complexity index is 1380. The van der Waals surface area contributed by atoms with E-state index in [1.807, 2.05) is 72.8 Å². The molecule has 2 aliphatic carbocycles. The van der Waals surface area contributed by atoms with Gasteiger partial charge in [-0.15, -0.1) is 5.11 Å². The highest BCUT2D eigenvalue weighted by Gasteiger charge is 2.15. The van der Waals surface area contributed by atoms with Gasteiger partial charge in [-0.2, -0.15) is 15.3 Å². The van der Waals surface area contributed by atoms with E-state index in [-0.39, 0.29) is 0 Å². The van der Waals surface area contributed by atoms with Gasteiger partial charge in [-0.1, -0.05) is 84.6 Å². The van der Waals surface area contributed by atoms with Crippen molar-refractivity contribution in [3.63, 3.8) is 0 Å². The lowest BCUT2D eigenvalue weighted by molar-refractivity contribution is 1.21. The summed E-state index contributed by atoms with van der Waals surface area (Å²) in [6.45, 7) is 0. The van der Waals surface area contributed by atoms with E-state index in [4.69, 9.17) is 0 Å². The first-order valence-electron chi connectivity index (χ1n) is 10.6. The van der Waals surface area contributed by atoms with Crippen molar-refractivity contribution in [2.75, 3.05) is 0 Å². The number of benzene rings is 3. The smallest absolute Gasteiger partial charge is 0.0947 e. The fourth-order valence-corrected chi connectivity index (χ4v) is 4.39. The van der Waals surface area contributed by atoms with E-state index in [1.165, 1.54) is 4.90 Å². The average molecular weight is 445 g/mol. The van der Waals surface area contributed by atoms with Crippen molar-refractivity contribution in [2.24, 2.45) is 20.5 Å². The van der Waals surface area contributed by atoms with Crippen LogP contribution in [0.2, 0.25) is 0 Å². The molecule has 0 unspecified atom stereocenters. The van der Waals surface area contributed by atoms with Crippen LogP contribution in [0, 0.1) is 0 Å². The van der Waals surface area contributed by atoms with Gasteiger partial charge in [0.25, 0.3) is 0 Å². The summed E-state index contributed by atoms with van der Waals surface area (Å²) in [5.74, 6) is 0. The number of hydrogen-bond donors (Lipinski definition) is 0. The van der Waals surface area contributed by atoms with Crippen LogP contribution in [0.1, 0.15) is 0 Å². The second-order valence-corrected chi connectivity index (χ2v) is 8.42. The minimum atomic E-state index is 0.728. The maximum absolute atomic E-state index is 4.59. The largest absolute Gasteiger partial charge is 0.151 e. The number of azo groups is 2. The molecule has 5 rings (SSSR count). The molecule has 0 heterocycles. The Balaban J connectivity index is 1.42. The van der Waals surface area contributed by atoms with Gasteiger partial charge in [0.15, 0.2) is 0 Å². The van der Waals surface area contributed by atoms with Gasteiger partial charge in [-0.25, -0.2) is 0 Å². The van der Waals surface area contributed by atoms with Gasteiger partial charge in [0.2, 0.25) is 0 Å². The topological polar surface area (TPSA) is 49.4 Å². The zero-order valence-corrected chi connectivity index (χ0v) is 18.6. The van der Waals surface area contributed by atoms with Crippen molar-refractivity contribution in [1.82, 2.24) is 0 Å². The molecule has 0 atom stereocenters. The van der Waals surface area contributed by atoms with E-state index in [2.05, 4.69) is 69.0 Å². The Morgan fingerprint density at radius 3 is 1.70 bits per heavy atom. The van der Waals surface area contributed by atoms with Crippen LogP contribution in [-0.4, -0.2) is 0 Å². The van der Waals surface area contributed by atoms with Crippen molar-refractivity contribution in [1.29, 1.82) is 0 Å². The first-order chi connectivity index (χ1) is 16.3. The van der Waals surface area contributed by atoms with Crippen LogP contribution < -0.4 is 0 Å². The van der Waals surface area contributed by atoms with Crippen molar-refractivity contribution < 1.29 is 0 Å². The minimum absolute atomic E-state index is 0.728. The molecule has 0 radical (unpaired) electrons. The van der Waals surface area contributed by atoms with E-state index in [9.17, 15) is 0 Å². The van der Waals surface area contributed by atoms with Gasteiger partial charge in [0, 0.05) is 15.4 Å². The second kappa shape index (κ2) is 10.0. The molecule has 2 aliphatic rings. The van der Waals surface area contributed by atoms with E-state index in [0.717, 1.165) is 38.8 Å². The maximum atomic E-state index is 4.59. The Labute approximate surface area is 197 Å². The Morgan fingerprint density at radius 2 is 0.970 bits per heavy atom. The van der Waals surface area contributed by atoms with Crippen molar-refractivity contribution in [3.05, 3.63) is 121 Å². The van der Waals surface area contributed by atoms with Gasteiger partial charge >= 0.3 is 0 Å². The normalized spacial score (nSPS) is 11.5. The quantitative estimate of drug-likeness (QED) is 0.240. The molecule has 0 N–H and O–H groups in total. The molecule has 158 valence electrons. The van der Waals surface area contributed by atoms with Crippen molar-refractivity contribution >= 4 is 34.5 Å². The third kappa shape index (κ3) is 5.22. The van der Waals surface area contributed by atoms with Crippen LogP contribution in [0.15, 0.2) is 152 Å². The first kappa shape index (κ1) is 20.8. The summed E-state index contributed by atoms with van der Waals surface area (Å²) in [4.78, 5) is 2.35. The van der Waals surface area contributed by atoms with Crippen LogP contribution in [0.3, 0.4) is 0 Å². The predicted molar refractivity (Wildman–Crippen MR) is 135 cm³/mol. The second-order valence-electron chi connectivity index (χ2n) is 7.30. The van der Waals surface area contributed by atoms with Gasteiger partial charge in [-0.3, -0.25) is 0 Å². The lowest BCUT2D eigenvalue weighted by Gasteiger charge is -2.01. The Hall–Kier alpha value is -4.09. The highest BCUT2D eigenvalue weighted by molar-refractivity contribution is 7.99. The molecule has 0 amide bonds. The van der Waals surface area contributed by atoms with E-state index < -0.39 is 0 Å². The fourth-order valence-electron chi connectivity index (χ4n) is 3.39.